The number of nitrogens with zero attached hydrogens (tertiary/aromatic N) is 2. The Labute approximate surface area is 306 Å². The lowest BCUT2D eigenvalue weighted by Crippen LogP contribution is -2.25. The molecule has 2 heterocycles. The highest BCUT2D eigenvalue weighted by molar-refractivity contribution is 7.89. The molecular formula is C37H40N6O8S2. The Morgan fingerprint density at radius 1 is 0.642 bits per heavy atom. The third-order valence-electron chi connectivity index (χ3n) is 7.97. The van der Waals surface area contributed by atoms with E-state index >= 15 is 0 Å². The van der Waals surface area contributed by atoms with E-state index < -0.39 is 20.0 Å². The SMILES string of the molecule is Cc1cccc2[nH]c(O)c(C=Nc3cccc(S(=O)(=O)NCCCO)c3)c12.O=S(=O)(NCCCO)c1cccc(N=Cc2c(O)[nH]c3ccccc23)c1. The van der Waals surface area contributed by atoms with Gasteiger partial charge >= 0.3 is 0 Å². The predicted molar refractivity (Wildman–Crippen MR) is 206 cm³/mol. The van der Waals surface area contributed by atoms with E-state index in [1.807, 2.05) is 49.4 Å². The molecule has 0 unspecified atom stereocenters. The zero-order valence-electron chi connectivity index (χ0n) is 28.7. The summed E-state index contributed by atoms with van der Waals surface area (Å²) in [5.41, 5.74) is 4.57. The van der Waals surface area contributed by atoms with Crippen LogP contribution in [0.4, 0.5) is 11.4 Å². The molecule has 53 heavy (non-hydrogen) atoms. The number of fused-ring (bicyclic) bond motifs is 2. The van der Waals surface area contributed by atoms with Crippen molar-refractivity contribution in [1.82, 2.24) is 19.4 Å². The number of rotatable bonds is 14. The van der Waals surface area contributed by atoms with Crippen molar-refractivity contribution in [3.63, 3.8) is 0 Å². The Hall–Kier alpha value is -5.36. The molecule has 0 radical (unpaired) electrons. The number of aliphatic hydroxyl groups excluding tert-OH is 2. The molecule has 0 aliphatic carbocycles. The smallest absolute Gasteiger partial charge is 0.240 e. The van der Waals surface area contributed by atoms with E-state index in [1.165, 1.54) is 36.7 Å². The van der Waals surface area contributed by atoms with Crippen molar-refractivity contribution in [2.24, 2.45) is 9.98 Å². The molecule has 0 aliphatic heterocycles. The molecule has 0 fully saturated rings. The lowest BCUT2D eigenvalue weighted by molar-refractivity contribution is 0.289. The molecule has 0 aliphatic rings. The number of para-hydroxylation sites is 1. The lowest BCUT2D eigenvalue weighted by Gasteiger charge is -2.06. The van der Waals surface area contributed by atoms with Gasteiger partial charge in [-0.05, 0) is 73.9 Å². The second-order valence-corrected chi connectivity index (χ2v) is 15.3. The van der Waals surface area contributed by atoms with Gasteiger partial charge in [0.1, 0.15) is 0 Å². The maximum Gasteiger partial charge on any atom is 0.240 e. The fraction of sp³-hybridized carbons (Fsp3) is 0.189. The van der Waals surface area contributed by atoms with Gasteiger partial charge in [0.15, 0.2) is 11.8 Å². The summed E-state index contributed by atoms with van der Waals surface area (Å²) in [6, 6.07) is 25.5. The van der Waals surface area contributed by atoms with Gasteiger partial charge in [-0.3, -0.25) is 9.98 Å². The van der Waals surface area contributed by atoms with Crippen LogP contribution in [-0.4, -0.2) is 86.0 Å². The highest BCUT2D eigenvalue weighted by Crippen LogP contribution is 2.30. The van der Waals surface area contributed by atoms with Crippen LogP contribution in [0.3, 0.4) is 0 Å². The first-order valence-electron chi connectivity index (χ1n) is 16.5. The minimum Gasteiger partial charge on any atom is -0.494 e. The van der Waals surface area contributed by atoms with E-state index in [1.54, 1.807) is 24.3 Å². The van der Waals surface area contributed by atoms with Crippen LogP contribution in [0.25, 0.3) is 21.8 Å². The summed E-state index contributed by atoms with van der Waals surface area (Å²) in [6.45, 7) is 2.10. The number of H-pyrrole nitrogens is 2. The minimum atomic E-state index is -3.67. The van der Waals surface area contributed by atoms with Crippen molar-refractivity contribution in [1.29, 1.82) is 0 Å². The maximum atomic E-state index is 12.3. The van der Waals surface area contributed by atoms with E-state index in [0.29, 0.717) is 35.3 Å². The number of nitrogens with one attached hydrogen (secondary N) is 4. The van der Waals surface area contributed by atoms with Gasteiger partial charge in [-0.1, -0.05) is 42.5 Å². The molecule has 0 bridgehead atoms. The number of aliphatic imine (C=N–C) groups is 2. The topological polar surface area (TPSA) is 230 Å². The van der Waals surface area contributed by atoms with Crippen molar-refractivity contribution in [2.75, 3.05) is 26.3 Å². The van der Waals surface area contributed by atoms with Gasteiger partial charge in [0.05, 0.1) is 32.3 Å². The summed E-state index contributed by atoms with van der Waals surface area (Å²) >= 11 is 0. The number of aryl methyl sites for hydroxylation is 1. The molecule has 0 amide bonds. The van der Waals surface area contributed by atoms with Gasteiger partial charge in [-0.2, -0.15) is 0 Å². The number of hydrogen-bond acceptors (Lipinski definition) is 10. The van der Waals surface area contributed by atoms with Crippen molar-refractivity contribution in [3.05, 3.63) is 108 Å². The molecule has 2 aromatic heterocycles. The average Bonchev–Trinajstić information content (AvgIpc) is 3.65. The summed E-state index contributed by atoms with van der Waals surface area (Å²) in [5, 5.41) is 39.4. The van der Waals surface area contributed by atoms with Crippen molar-refractivity contribution in [3.8, 4) is 11.8 Å². The van der Waals surface area contributed by atoms with Crippen LogP contribution in [0.5, 0.6) is 11.8 Å². The summed E-state index contributed by atoms with van der Waals surface area (Å²) in [7, 11) is -7.33. The Balaban J connectivity index is 0.000000204. The van der Waals surface area contributed by atoms with Gasteiger partial charge in [-0.25, -0.2) is 26.3 Å². The number of aromatic amines is 2. The summed E-state index contributed by atoms with van der Waals surface area (Å²) in [4.78, 5) is 14.6. The lowest BCUT2D eigenvalue weighted by atomic mass is 10.1. The van der Waals surface area contributed by atoms with Crippen LogP contribution in [0.1, 0.15) is 29.5 Å². The van der Waals surface area contributed by atoms with Gasteiger partial charge in [0.2, 0.25) is 20.0 Å². The van der Waals surface area contributed by atoms with Crippen molar-refractivity contribution >= 4 is 65.7 Å². The molecule has 0 spiro atoms. The zero-order chi connectivity index (χ0) is 38.0. The number of aliphatic hydroxyl groups is 2. The quantitative estimate of drug-likeness (QED) is 0.0562. The van der Waals surface area contributed by atoms with E-state index in [0.717, 1.165) is 27.4 Å². The zero-order valence-corrected chi connectivity index (χ0v) is 30.3. The van der Waals surface area contributed by atoms with Crippen molar-refractivity contribution < 1.29 is 37.3 Å². The molecule has 278 valence electrons. The van der Waals surface area contributed by atoms with Crippen molar-refractivity contribution in [2.45, 2.75) is 29.6 Å². The third kappa shape index (κ3) is 9.75. The van der Waals surface area contributed by atoms with E-state index in [2.05, 4.69) is 29.4 Å². The van der Waals surface area contributed by atoms with Gasteiger partial charge in [0.25, 0.3) is 0 Å². The molecule has 0 saturated carbocycles. The number of aromatic nitrogens is 2. The molecule has 0 saturated heterocycles. The summed E-state index contributed by atoms with van der Waals surface area (Å²) < 4.78 is 53.9. The Morgan fingerprint density at radius 3 is 1.72 bits per heavy atom. The van der Waals surface area contributed by atoms with Crippen LogP contribution < -0.4 is 9.44 Å². The molecule has 4 aromatic carbocycles. The molecule has 0 atom stereocenters. The van der Waals surface area contributed by atoms with Gasteiger partial charge in [-0.15, -0.1) is 0 Å². The number of aromatic hydroxyl groups is 2. The second kappa shape index (κ2) is 17.4. The monoisotopic (exact) mass is 760 g/mol. The van der Waals surface area contributed by atoms with Gasteiger partial charge in [0, 0.05) is 60.5 Å². The first-order chi connectivity index (χ1) is 25.4. The summed E-state index contributed by atoms with van der Waals surface area (Å²) in [5.74, 6) is 0.0156. The van der Waals surface area contributed by atoms with Crippen LogP contribution in [0.15, 0.2) is 111 Å². The maximum absolute atomic E-state index is 12.3. The van der Waals surface area contributed by atoms with Gasteiger partial charge < -0.3 is 30.4 Å². The number of hydrogen-bond donors (Lipinski definition) is 8. The molecule has 6 rings (SSSR count). The molecular weight excluding hydrogens is 721 g/mol. The Kier molecular flexibility index (Phi) is 12.8. The van der Waals surface area contributed by atoms with E-state index in [9.17, 15) is 27.0 Å². The fourth-order valence-corrected chi connectivity index (χ4v) is 7.55. The number of sulfonamides is 2. The highest BCUT2D eigenvalue weighted by atomic mass is 32.2. The van der Waals surface area contributed by atoms with E-state index in [-0.39, 0.29) is 47.9 Å². The first kappa shape index (κ1) is 38.9. The minimum absolute atomic E-state index is 0.00407. The van der Waals surface area contributed by atoms with Crippen LogP contribution >= 0.6 is 0 Å². The van der Waals surface area contributed by atoms with Crippen LogP contribution in [-0.2, 0) is 20.0 Å². The Morgan fingerprint density at radius 2 is 1.13 bits per heavy atom. The summed E-state index contributed by atoms with van der Waals surface area (Å²) in [6.07, 6.45) is 3.71. The molecule has 8 N–H and O–H groups in total. The first-order valence-corrected chi connectivity index (χ1v) is 19.5. The highest BCUT2D eigenvalue weighted by Gasteiger charge is 2.16. The standard InChI is InChI=1S/C19H21N3O4S.C18H19N3O4S/c1-13-5-2-8-17-18(13)16(19(24)22-17)12-20-14-6-3-7-15(11-14)27(25,26)21-9-4-10-23;22-10-4-9-20-26(24,25)14-6-3-5-13(11-14)19-12-16-15-7-1-2-8-17(15)21-18(16)23/h2-3,5-8,11-12,21-24H,4,9-10H2,1H3;1-3,5-8,11-12,20-23H,4,9-10H2. The largest absolute Gasteiger partial charge is 0.494 e. The molecule has 14 nitrogen and oxygen atoms in total. The fourth-order valence-electron chi connectivity index (χ4n) is 5.33. The Bertz CT molecular complexity index is 2470. The third-order valence-corrected chi connectivity index (χ3v) is 10.9. The van der Waals surface area contributed by atoms with E-state index in [4.69, 9.17) is 10.2 Å². The molecule has 6 aromatic rings. The average molecular weight is 761 g/mol. The second-order valence-electron chi connectivity index (χ2n) is 11.8. The normalized spacial score (nSPS) is 12.2. The number of benzene rings is 4. The van der Waals surface area contributed by atoms with Crippen LogP contribution in [0.2, 0.25) is 0 Å². The predicted octanol–water partition coefficient (Wildman–Crippen LogP) is 4.88. The van der Waals surface area contributed by atoms with Crippen LogP contribution in [0, 0.1) is 6.92 Å². The molecule has 16 heteroatoms.